The monoisotopic (exact) mass is 238 g/mol. The molecule has 0 radical (unpaired) electrons. The Balaban J connectivity index is 2.67. The van der Waals surface area contributed by atoms with Gasteiger partial charge in [-0.1, -0.05) is 12.1 Å². The Kier molecular flexibility index (Phi) is 5.32. The first kappa shape index (κ1) is 13.3. The number of hydrogen-bond donors (Lipinski definition) is 2. The Morgan fingerprint density at radius 2 is 1.59 bits per heavy atom. The Labute approximate surface area is 98.6 Å². The van der Waals surface area contributed by atoms with Crippen molar-refractivity contribution in [3.05, 3.63) is 35.4 Å². The molecule has 0 heterocycles. The highest BCUT2D eigenvalue weighted by molar-refractivity contribution is 5.97. The highest BCUT2D eigenvalue weighted by Crippen LogP contribution is 2.08. The van der Waals surface area contributed by atoms with E-state index in [1.54, 1.807) is 0 Å². The van der Waals surface area contributed by atoms with E-state index in [4.69, 9.17) is 14.9 Å². The summed E-state index contributed by atoms with van der Waals surface area (Å²) in [4.78, 5) is 22.7. The number of esters is 1. The fraction of sp³-hybridized carbons (Fsp3) is 0.333. The molecule has 5 nitrogen and oxygen atoms in total. The Morgan fingerprint density at radius 1 is 1.00 bits per heavy atom. The predicted molar refractivity (Wildman–Crippen MR) is 59.8 cm³/mol. The summed E-state index contributed by atoms with van der Waals surface area (Å²) in [5, 5.41) is 17.1. The first-order chi connectivity index (χ1) is 8.19. The Morgan fingerprint density at radius 3 is 2.12 bits per heavy atom. The number of carbonyl (C=O) groups is 2. The minimum Gasteiger partial charge on any atom is -0.460 e. The van der Waals surface area contributed by atoms with E-state index in [2.05, 4.69) is 0 Å². The standard InChI is InChI=1S/C12H14O5/c13-6-5-11(15)9-1-3-10(4-2-9)12(16)17-8-7-14/h1-4,13-14H,5-8H2. The summed E-state index contributed by atoms with van der Waals surface area (Å²) < 4.78 is 4.71. The number of ketones is 1. The molecule has 0 aliphatic heterocycles. The van der Waals surface area contributed by atoms with Crippen LogP contribution in [0.25, 0.3) is 0 Å². The second-order valence-electron chi connectivity index (χ2n) is 3.33. The molecule has 17 heavy (non-hydrogen) atoms. The molecule has 0 atom stereocenters. The molecule has 0 fully saturated rings. The van der Waals surface area contributed by atoms with Crippen molar-refractivity contribution in [2.45, 2.75) is 6.42 Å². The summed E-state index contributed by atoms with van der Waals surface area (Å²) in [7, 11) is 0. The van der Waals surface area contributed by atoms with E-state index in [1.807, 2.05) is 0 Å². The van der Waals surface area contributed by atoms with Gasteiger partial charge >= 0.3 is 5.97 Å². The van der Waals surface area contributed by atoms with Crippen LogP contribution in [0.5, 0.6) is 0 Å². The second kappa shape index (κ2) is 6.78. The van der Waals surface area contributed by atoms with Gasteiger partial charge in [-0.15, -0.1) is 0 Å². The zero-order valence-corrected chi connectivity index (χ0v) is 9.26. The van der Waals surface area contributed by atoms with Crippen LogP contribution in [-0.2, 0) is 4.74 Å². The smallest absolute Gasteiger partial charge is 0.338 e. The van der Waals surface area contributed by atoms with Gasteiger partial charge in [0.15, 0.2) is 5.78 Å². The van der Waals surface area contributed by atoms with Crippen molar-refractivity contribution >= 4 is 11.8 Å². The van der Waals surface area contributed by atoms with E-state index >= 15 is 0 Å². The van der Waals surface area contributed by atoms with Crippen molar-refractivity contribution in [1.82, 2.24) is 0 Å². The van der Waals surface area contributed by atoms with Crippen LogP contribution in [-0.4, -0.2) is 41.8 Å². The van der Waals surface area contributed by atoms with Crippen LogP contribution in [0.15, 0.2) is 24.3 Å². The molecular weight excluding hydrogens is 224 g/mol. The van der Waals surface area contributed by atoms with Crippen LogP contribution in [0, 0.1) is 0 Å². The number of carbonyl (C=O) groups excluding carboxylic acids is 2. The molecule has 0 aliphatic rings. The first-order valence-electron chi connectivity index (χ1n) is 5.21. The van der Waals surface area contributed by atoms with Crippen LogP contribution >= 0.6 is 0 Å². The molecule has 1 rings (SSSR count). The minimum absolute atomic E-state index is 0.0516. The summed E-state index contributed by atoms with van der Waals surface area (Å²) >= 11 is 0. The third-order valence-corrected chi connectivity index (χ3v) is 2.11. The number of rotatable bonds is 6. The zero-order chi connectivity index (χ0) is 12.7. The number of Topliss-reactive ketones (excluding diaryl/α,β-unsaturated/α-hetero) is 1. The predicted octanol–water partition coefficient (Wildman–Crippen LogP) is 0.401. The number of aliphatic hydroxyl groups is 2. The summed E-state index contributed by atoms with van der Waals surface area (Å²) in [6.07, 6.45) is 0.0638. The molecule has 5 heteroatoms. The van der Waals surface area contributed by atoms with Gasteiger partial charge in [0.2, 0.25) is 0 Å². The van der Waals surface area contributed by atoms with Crippen molar-refractivity contribution in [2.75, 3.05) is 19.8 Å². The maximum Gasteiger partial charge on any atom is 0.338 e. The second-order valence-corrected chi connectivity index (χ2v) is 3.33. The third-order valence-electron chi connectivity index (χ3n) is 2.11. The van der Waals surface area contributed by atoms with Gasteiger partial charge in [0.25, 0.3) is 0 Å². The van der Waals surface area contributed by atoms with E-state index in [0.717, 1.165) is 0 Å². The van der Waals surface area contributed by atoms with Crippen LogP contribution in [0.1, 0.15) is 27.1 Å². The fourth-order valence-corrected chi connectivity index (χ4v) is 1.26. The van der Waals surface area contributed by atoms with Gasteiger partial charge in [-0.25, -0.2) is 4.79 Å². The average Bonchev–Trinajstić information content (AvgIpc) is 2.36. The molecule has 0 amide bonds. The van der Waals surface area contributed by atoms with Gasteiger partial charge in [-0.05, 0) is 12.1 Å². The Bertz CT molecular complexity index is 382. The van der Waals surface area contributed by atoms with Gasteiger partial charge < -0.3 is 14.9 Å². The highest BCUT2D eigenvalue weighted by atomic mass is 16.5. The first-order valence-corrected chi connectivity index (χ1v) is 5.21. The van der Waals surface area contributed by atoms with Gasteiger partial charge in [0, 0.05) is 12.0 Å². The zero-order valence-electron chi connectivity index (χ0n) is 9.26. The largest absolute Gasteiger partial charge is 0.460 e. The lowest BCUT2D eigenvalue weighted by atomic mass is 10.1. The lowest BCUT2D eigenvalue weighted by molar-refractivity contribution is 0.0433. The van der Waals surface area contributed by atoms with Crippen LogP contribution in [0.2, 0.25) is 0 Å². The van der Waals surface area contributed by atoms with E-state index < -0.39 is 5.97 Å². The molecule has 1 aromatic carbocycles. The number of ether oxygens (including phenoxy) is 1. The highest BCUT2D eigenvalue weighted by Gasteiger charge is 2.09. The number of hydrogen-bond acceptors (Lipinski definition) is 5. The summed E-state index contributed by atoms with van der Waals surface area (Å²) in [5.74, 6) is -0.719. The normalized spacial score (nSPS) is 10.0. The van der Waals surface area contributed by atoms with Crippen molar-refractivity contribution in [1.29, 1.82) is 0 Å². The molecule has 0 spiro atoms. The van der Waals surface area contributed by atoms with Gasteiger partial charge in [0.05, 0.1) is 18.8 Å². The van der Waals surface area contributed by atoms with Gasteiger partial charge in [-0.2, -0.15) is 0 Å². The van der Waals surface area contributed by atoms with E-state index in [1.165, 1.54) is 24.3 Å². The molecule has 0 aromatic heterocycles. The molecular formula is C12H14O5. The molecule has 0 saturated carbocycles. The third kappa shape index (κ3) is 3.97. The maximum absolute atomic E-state index is 11.4. The average molecular weight is 238 g/mol. The van der Waals surface area contributed by atoms with Crippen molar-refractivity contribution in [3.63, 3.8) is 0 Å². The topological polar surface area (TPSA) is 83.8 Å². The summed E-state index contributed by atoms with van der Waals surface area (Å²) in [6, 6.07) is 5.97. The van der Waals surface area contributed by atoms with Crippen molar-refractivity contribution < 1.29 is 24.5 Å². The lowest BCUT2D eigenvalue weighted by Gasteiger charge is -2.03. The minimum atomic E-state index is -0.541. The maximum atomic E-state index is 11.4. The fourth-order valence-electron chi connectivity index (χ4n) is 1.26. The molecule has 0 bridgehead atoms. The SMILES string of the molecule is O=C(CCO)c1ccc(C(=O)OCCO)cc1. The molecule has 2 N–H and O–H groups in total. The van der Waals surface area contributed by atoms with Crippen molar-refractivity contribution in [2.24, 2.45) is 0 Å². The lowest BCUT2D eigenvalue weighted by Crippen LogP contribution is -2.09. The van der Waals surface area contributed by atoms with E-state index in [-0.39, 0.29) is 32.0 Å². The summed E-state index contributed by atoms with van der Waals surface area (Å²) in [6.45, 7) is -0.470. The summed E-state index contributed by atoms with van der Waals surface area (Å²) in [5.41, 5.74) is 0.761. The van der Waals surface area contributed by atoms with Crippen LogP contribution in [0.3, 0.4) is 0 Å². The quantitative estimate of drug-likeness (QED) is 0.553. The number of aliphatic hydroxyl groups excluding tert-OH is 2. The molecule has 92 valence electrons. The molecule has 0 saturated heterocycles. The van der Waals surface area contributed by atoms with E-state index in [0.29, 0.717) is 11.1 Å². The molecule has 1 aromatic rings. The number of benzene rings is 1. The van der Waals surface area contributed by atoms with Gasteiger partial charge in [-0.3, -0.25) is 4.79 Å². The van der Waals surface area contributed by atoms with E-state index in [9.17, 15) is 9.59 Å². The van der Waals surface area contributed by atoms with Crippen molar-refractivity contribution in [3.8, 4) is 0 Å². The molecule has 0 unspecified atom stereocenters. The Hall–Kier alpha value is -1.72. The van der Waals surface area contributed by atoms with Crippen LogP contribution < -0.4 is 0 Å². The molecule has 0 aliphatic carbocycles. The van der Waals surface area contributed by atoms with Crippen LogP contribution in [0.4, 0.5) is 0 Å². The van der Waals surface area contributed by atoms with Gasteiger partial charge in [0.1, 0.15) is 6.61 Å².